The molecule has 0 amide bonds. The van der Waals surface area contributed by atoms with Crippen LogP contribution in [0, 0.1) is 10.8 Å². The minimum Gasteiger partial charge on any atom is -0.384 e. The molecule has 0 spiro atoms. The fraction of sp³-hybridized carbons (Fsp3) is 0.421. The van der Waals surface area contributed by atoms with Crippen molar-refractivity contribution in [1.29, 1.82) is 5.41 Å². The number of hydrogen-bond acceptors (Lipinski definition) is 7. The Balaban J connectivity index is 1.76. The minimum atomic E-state index is 0.0242. The summed E-state index contributed by atoms with van der Waals surface area (Å²) in [6.07, 6.45) is 3.52. The van der Waals surface area contributed by atoms with Gasteiger partial charge in [-0.15, -0.1) is 0 Å². The maximum Gasteiger partial charge on any atom is 0.154 e. The zero-order chi connectivity index (χ0) is 19.4. The monoisotopic (exact) mass is 388 g/mol. The highest BCUT2D eigenvalue weighted by Crippen LogP contribution is 2.32. The van der Waals surface area contributed by atoms with E-state index in [9.17, 15) is 0 Å². The van der Waals surface area contributed by atoms with E-state index >= 15 is 0 Å². The van der Waals surface area contributed by atoms with Gasteiger partial charge in [-0.25, -0.2) is 9.97 Å². The van der Waals surface area contributed by atoms with E-state index in [0.717, 1.165) is 25.9 Å². The molecule has 0 bridgehead atoms. The van der Waals surface area contributed by atoms with E-state index in [-0.39, 0.29) is 16.9 Å². The summed E-state index contributed by atoms with van der Waals surface area (Å²) in [6.45, 7) is 2.90. The number of nitrogens with two attached hydrogens (primary N) is 2. The number of piperidine rings is 1. The average molecular weight is 389 g/mol. The van der Waals surface area contributed by atoms with Crippen molar-refractivity contribution in [2.75, 3.05) is 44.0 Å². The SMILES string of the molecule is COCC1(CN)CCN(c2cnc(C(=N)c3ccccc3Cl)c(N)n2)CC1. The number of nitrogens with zero attached hydrogens (tertiary/aromatic N) is 3. The number of aromatic nitrogens is 2. The summed E-state index contributed by atoms with van der Waals surface area (Å²) in [4.78, 5) is 11.0. The van der Waals surface area contributed by atoms with Crippen molar-refractivity contribution < 1.29 is 4.74 Å². The van der Waals surface area contributed by atoms with Gasteiger partial charge in [0.05, 0.1) is 23.5 Å². The lowest BCUT2D eigenvalue weighted by Crippen LogP contribution is -2.46. The number of halogens is 1. The summed E-state index contributed by atoms with van der Waals surface area (Å²) in [5.41, 5.74) is 13.2. The van der Waals surface area contributed by atoms with Crippen LogP contribution in [-0.2, 0) is 4.74 Å². The molecule has 0 radical (unpaired) electrons. The molecule has 0 atom stereocenters. The minimum absolute atomic E-state index is 0.0242. The normalized spacial score (nSPS) is 16.3. The molecule has 5 N–H and O–H groups in total. The first-order valence-electron chi connectivity index (χ1n) is 8.90. The topological polar surface area (TPSA) is 114 Å². The molecule has 8 heteroatoms. The second kappa shape index (κ2) is 8.21. The van der Waals surface area contributed by atoms with Gasteiger partial charge in [-0.05, 0) is 18.9 Å². The number of nitrogens with one attached hydrogen (secondary N) is 1. The van der Waals surface area contributed by atoms with Gasteiger partial charge in [0, 0.05) is 37.7 Å². The van der Waals surface area contributed by atoms with Crippen molar-refractivity contribution in [3.05, 3.63) is 46.7 Å². The molecule has 27 heavy (non-hydrogen) atoms. The highest BCUT2D eigenvalue weighted by atomic mass is 35.5. The van der Waals surface area contributed by atoms with Crippen molar-refractivity contribution in [2.24, 2.45) is 11.1 Å². The zero-order valence-corrected chi connectivity index (χ0v) is 16.2. The van der Waals surface area contributed by atoms with Crippen LogP contribution in [0.4, 0.5) is 11.6 Å². The van der Waals surface area contributed by atoms with E-state index in [2.05, 4.69) is 14.9 Å². The van der Waals surface area contributed by atoms with Crippen molar-refractivity contribution in [3.8, 4) is 0 Å². The van der Waals surface area contributed by atoms with Crippen LogP contribution < -0.4 is 16.4 Å². The van der Waals surface area contributed by atoms with Gasteiger partial charge in [0.2, 0.25) is 0 Å². The molecule has 2 heterocycles. The molecular weight excluding hydrogens is 364 g/mol. The summed E-state index contributed by atoms with van der Waals surface area (Å²) < 4.78 is 5.35. The molecule has 1 aromatic carbocycles. The Labute approximate surface area is 164 Å². The maximum absolute atomic E-state index is 8.38. The van der Waals surface area contributed by atoms with Crippen LogP contribution in [0.3, 0.4) is 0 Å². The molecule has 1 aliphatic heterocycles. The van der Waals surface area contributed by atoms with Gasteiger partial charge < -0.3 is 21.1 Å². The summed E-state index contributed by atoms with van der Waals surface area (Å²) in [5.74, 6) is 0.941. The van der Waals surface area contributed by atoms with Gasteiger partial charge in [0.1, 0.15) is 11.5 Å². The first-order valence-corrected chi connectivity index (χ1v) is 9.28. The summed E-state index contributed by atoms with van der Waals surface area (Å²) >= 11 is 6.18. The quantitative estimate of drug-likeness (QED) is 0.654. The van der Waals surface area contributed by atoms with Gasteiger partial charge >= 0.3 is 0 Å². The Bertz CT molecular complexity index is 820. The molecule has 1 fully saturated rings. The largest absolute Gasteiger partial charge is 0.384 e. The van der Waals surface area contributed by atoms with Crippen molar-refractivity contribution in [1.82, 2.24) is 9.97 Å². The Morgan fingerprint density at radius 3 is 2.63 bits per heavy atom. The summed E-state index contributed by atoms with van der Waals surface area (Å²) in [5, 5.41) is 8.87. The number of anilines is 2. The molecule has 0 aliphatic carbocycles. The van der Waals surface area contributed by atoms with E-state index < -0.39 is 0 Å². The Morgan fingerprint density at radius 1 is 1.33 bits per heavy atom. The first-order chi connectivity index (χ1) is 13.0. The van der Waals surface area contributed by atoms with Crippen LogP contribution in [0.2, 0.25) is 5.02 Å². The van der Waals surface area contributed by atoms with E-state index in [1.807, 2.05) is 12.1 Å². The molecule has 2 aromatic rings. The fourth-order valence-electron chi connectivity index (χ4n) is 3.45. The third kappa shape index (κ3) is 4.05. The third-order valence-corrected chi connectivity index (χ3v) is 5.53. The lowest BCUT2D eigenvalue weighted by Gasteiger charge is -2.41. The van der Waals surface area contributed by atoms with Crippen LogP contribution in [0.25, 0.3) is 0 Å². The number of methoxy groups -OCH3 is 1. The van der Waals surface area contributed by atoms with Crippen LogP contribution in [0.5, 0.6) is 0 Å². The van der Waals surface area contributed by atoms with Gasteiger partial charge in [-0.1, -0.05) is 29.8 Å². The van der Waals surface area contributed by atoms with E-state index in [4.69, 9.17) is 33.2 Å². The van der Waals surface area contributed by atoms with Crippen LogP contribution >= 0.6 is 11.6 Å². The van der Waals surface area contributed by atoms with Crippen LogP contribution in [0.1, 0.15) is 24.1 Å². The second-order valence-electron chi connectivity index (χ2n) is 6.94. The molecule has 0 saturated carbocycles. The standard InChI is InChI=1S/C19H25ClN6O/c1-27-12-19(11-21)6-8-26(9-7-19)15-10-24-17(18(23)25-15)16(22)13-4-2-3-5-14(13)20/h2-5,10,22H,6-9,11-12,21H2,1H3,(H2,23,25). The Morgan fingerprint density at radius 2 is 2.04 bits per heavy atom. The van der Waals surface area contributed by atoms with Crippen LogP contribution in [-0.4, -0.2) is 49.0 Å². The number of rotatable bonds is 6. The van der Waals surface area contributed by atoms with Crippen molar-refractivity contribution in [3.63, 3.8) is 0 Å². The average Bonchev–Trinajstić information content (AvgIpc) is 2.68. The van der Waals surface area contributed by atoms with Crippen molar-refractivity contribution >= 4 is 28.9 Å². The number of hydrogen-bond donors (Lipinski definition) is 3. The van der Waals surface area contributed by atoms with Crippen LogP contribution in [0.15, 0.2) is 30.5 Å². The smallest absolute Gasteiger partial charge is 0.154 e. The highest BCUT2D eigenvalue weighted by Gasteiger charge is 2.34. The molecule has 144 valence electrons. The third-order valence-electron chi connectivity index (χ3n) is 5.20. The lowest BCUT2D eigenvalue weighted by molar-refractivity contribution is 0.0653. The molecule has 7 nitrogen and oxygen atoms in total. The highest BCUT2D eigenvalue weighted by molar-refractivity contribution is 6.35. The molecular formula is C19H25ClN6O. The maximum atomic E-state index is 8.38. The summed E-state index contributed by atoms with van der Waals surface area (Å²) in [7, 11) is 1.71. The predicted molar refractivity (Wildman–Crippen MR) is 109 cm³/mol. The van der Waals surface area contributed by atoms with Gasteiger partial charge in [0.15, 0.2) is 5.82 Å². The number of ether oxygens (including phenoxy) is 1. The zero-order valence-electron chi connectivity index (χ0n) is 15.4. The van der Waals surface area contributed by atoms with Gasteiger partial charge in [-0.3, -0.25) is 5.41 Å². The van der Waals surface area contributed by atoms with E-state index in [1.54, 1.807) is 25.4 Å². The molecule has 3 rings (SSSR count). The van der Waals surface area contributed by atoms with Crippen molar-refractivity contribution in [2.45, 2.75) is 12.8 Å². The summed E-state index contributed by atoms with van der Waals surface area (Å²) in [6, 6.07) is 7.15. The molecule has 1 aromatic heterocycles. The Hall–Kier alpha value is -2.22. The van der Waals surface area contributed by atoms with Gasteiger partial charge in [0.25, 0.3) is 0 Å². The number of nitrogen functional groups attached to an aromatic ring is 1. The second-order valence-corrected chi connectivity index (χ2v) is 7.35. The van der Waals surface area contributed by atoms with Gasteiger partial charge in [-0.2, -0.15) is 0 Å². The Kier molecular flexibility index (Phi) is 5.94. The molecule has 1 aliphatic rings. The molecule has 1 saturated heterocycles. The lowest BCUT2D eigenvalue weighted by atomic mass is 9.79. The first kappa shape index (κ1) is 19.5. The predicted octanol–water partition coefficient (Wildman–Crippen LogP) is 2.32. The van der Waals surface area contributed by atoms with E-state index in [0.29, 0.717) is 35.2 Å². The van der Waals surface area contributed by atoms with E-state index in [1.165, 1.54) is 0 Å². The fourth-order valence-corrected chi connectivity index (χ4v) is 3.68. The molecule has 0 unspecified atom stereocenters. The number of benzene rings is 1.